The highest BCUT2D eigenvalue weighted by Crippen LogP contribution is 2.04. The molecule has 1 unspecified atom stereocenters. The quantitative estimate of drug-likeness (QED) is 0.557. The summed E-state index contributed by atoms with van der Waals surface area (Å²) in [6, 6.07) is 0. The number of hydrogen-bond acceptors (Lipinski definition) is 4. The van der Waals surface area contributed by atoms with Gasteiger partial charge in [0.2, 0.25) is 0 Å². The molecule has 7 heteroatoms. The van der Waals surface area contributed by atoms with Gasteiger partial charge in [-0.25, -0.2) is 4.79 Å². The Balaban J connectivity index is 4.39. The summed E-state index contributed by atoms with van der Waals surface area (Å²) in [7, 11) is -5.03. The second kappa shape index (κ2) is 2.91. The lowest BCUT2D eigenvalue weighted by Crippen LogP contribution is -2.24. The average molecular weight is 174 g/mol. The molecule has 0 radical (unpaired) electrons. The van der Waals surface area contributed by atoms with Crippen LogP contribution in [0.3, 0.4) is 0 Å². The maximum Gasteiger partial charge on any atom is 0.369 e. The Morgan fingerprint density at radius 2 is 2.00 bits per heavy atom. The molecule has 0 heterocycles. The van der Waals surface area contributed by atoms with Crippen LogP contribution in [0.5, 0.6) is 0 Å². The summed E-state index contributed by atoms with van der Waals surface area (Å²) in [4.78, 5) is 12.4. The van der Waals surface area contributed by atoms with Crippen LogP contribution in [0.15, 0.2) is 0 Å². The average Bonchev–Trinajstić information content (AvgIpc) is 1.83. The van der Waals surface area contributed by atoms with Crippen LogP contribution in [0.2, 0.25) is 0 Å². The van der Waals surface area contributed by atoms with Gasteiger partial charge >= 0.3 is 16.2 Å². The summed E-state index contributed by atoms with van der Waals surface area (Å²) in [5.41, 5.74) is 0. The molecule has 0 saturated carbocycles. The van der Waals surface area contributed by atoms with Crippen molar-refractivity contribution in [3.8, 4) is 0 Å². The van der Waals surface area contributed by atoms with Crippen LogP contribution in [-0.4, -0.2) is 19.6 Å². The minimum atomic E-state index is -5.03. The summed E-state index contributed by atoms with van der Waals surface area (Å²) in [5.74, 6) is -1.76. The van der Waals surface area contributed by atoms with Crippen molar-refractivity contribution in [2.45, 2.75) is 12.2 Å². The van der Waals surface area contributed by atoms with E-state index in [0.717, 1.165) is 0 Å². The van der Waals surface area contributed by atoms with E-state index in [-0.39, 0.29) is 0 Å². The van der Waals surface area contributed by atoms with Crippen molar-refractivity contribution in [2.75, 3.05) is 0 Å². The molecule has 0 fully saturated rings. The second-order valence-corrected chi connectivity index (χ2v) is 3.17. The molecule has 1 atom stereocenters. The third-order valence-electron chi connectivity index (χ3n) is 0.830. The molecule has 0 aromatic heterocycles. The van der Waals surface area contributed by atoms with Gasteiger partial charge in [0.25, 0.3) is 0 Å². The smallest absolute Gasteiger partial charge is 0.253 e. The number of carbonyl (C=O) groups is 1. The monoisotopic (exact) mass is 174 g/mol. The molecule has 0 bridgehead atoms. The van der Waals surface area contributed by atoms with Crippen molar-refractivity contribution in [1.82, 2.24) is 0 Å². The largest absolute Gasteiger partial charge is 0.369 e. The molecule has 0 rings (SSSR count). The van der Waals surface area contributed by atoms with Crippen LogP contribution in [0.25, 0.3) is 0 Å². The Bertz CT molecular complexity index is 221. The highest BCUT2D eigenvalue weighted by Gasteiger charge is 2.29. The zero-order valence-corrected chi connectivity index (χ0v) is 5.69. The van der Waals surface area contributed by atoms with Crippen molar-refractivity contribution in [3.63, 3.8) is 0 Å². The minimum absolute atomic E-state index is 0.678. The number of halogens is 2. The Labute approximate surface area is 55.9 Å². The molecule has 60 valence electrons. The molecule has 0 aliphatic heterocycles. The Hall–Kier alpha value is -0.720. The zero-order valence-electron chi connectivity index (χ0n) is 4.87. The molecule has 0 N–H and O–H groups in total. The first-order valence-electron chi connectivity index (χ1n) is 2.15. The fourth-order valence-corrected chi connectivity index (χ4v) is 0.444. The summed E-state index contributed by atoms with van der Waals surface area (Å²) >= 11 is 0. The van der Waals surface area contributed by atoms with Crippen molar-refractivity contribution in [1.29, 1.82) is 0 Å². The van der Waals surface area contributed by atoms with Crippen LogP contribution in [0, 0.1) is 0 Å². The minimum Gasteiger partial charge on any atom is -0.253 e. The number of carbonyl (C=O) groups excluding carboxylic acids is 1. The van der Waals surface area contributed by atoms with Crippen LogP contribution < -0.4 is 0 Å². The topological polar surface area (TPSA) is 60.4 Å². The van der Waals surface area contributed by atoms with Crippen LogP contribution in [0.1, 0.15) is 6.92 Å². The van der Waals surface area contributed by atoms with Gasteiger partial charge in [0, 0.05) is 4.53 Å². The highest BCUT2D eigenvalue weighted by atomic mass is 32.3. The lowest BCUT2D eigenvalue weighted by molar-refractivity contribution is -0.182. The van der Waals surface area contributed by atoms with Gasteiger partial charge in [-0.1, -0.05) is 0 Å². The lowest BCUT2D eigenvalue weighted by atomic mass is 10.5. The molecule has 0 saturated heterocycles. The molecule has 4 nitrogen and oxygen atoms in total. The highest BCUT2D eigenvalue weighted by molar-refractivity contribution is 7.87. The molecular weight excluding hydrogens is 170 g/mol. The molecular formula is C3H4F2O4S. The summed E-state index contributed by atoms with van der Waals surface area (Å²) in [6.07, 6.45) is 0. The molecule has 0 spiro atoms. The van der Waals surface area contributed by atoms with E-state index < -0.39 is 21.4 Å². The first-order valence-corrected chi connectivity index (χ1v) is 3.60. The van der Waals surface area contributed by atoms with E-state index in [1.807, 2.05) is 0 Å². The van der Waals surface area contributed by atoms with Gasteiger partial charge < -0.3 is 0 Å². The Morgan fingerprint density at radius 1 is 1.60 bits per heavy atom. The molecule has 0 aliphatic rings. The van der Waals surface area contributed by atoms with Crippen molar-refractivity contribution in [3.05, 3.63) is 0 Å². The van der Waals surface area contributed by atoms with E-state index in [1.54, 1.807) is 0 Å². The third kappa shape index (κ3) is 2.26. The number of rotatable bonds is 2. The normalized spacial score (nSPS) is 14.3. The SMILES string of the molecule is CC(C(=O)OF)S(=O)(=O)F. The van der Waals surface area contributed by atoms with Crippen LogP contribution in [-0.2, 0) is 20.0 Å². The third-order valence-corrected chi connectivity index (χ3v) is 1.87. The first kappa shape index (κ1) is 9.28. The zero-order chi connectivity index (χ0) is 8.36. The van der Waals surface area contributed by atoms with E-state index >= 15 is 0 Å². The summed E-state index contributed by atoms with van der Waals surface area (Å²) in [5, 5.41) is -2.10. The predicted molar refractivity (Wildman–Crippen MR) is 26.7 cm³/mol. The van der Waals surface area contributed by atoms with Gasteiger partial charge in [0.05, 0.1) is 0 Å². The summed E-state index contributed by atoms with van der Waals surface area (Å²) < 4.78 is 42.2. The van der Waals surface area contributed by atoms with Crippen LogP contribution in [0.4, 0.5) is 8.41 Å². The van der Waals surface area contributed by atoms with E-state index in [2.05, 4.69) is 4.94 Å². The second-order valence-electron chi connectivity index (χ2n) is 1.51. The molecule has 10 heavy (non-hydrogen) atoms. The van der Waals surface area contributed by atoms with Gasteiger partial charge in [-0.2, -0.15) is 8.42 Å². The maximum absolute atomic E-state index is 11.7. The van der Waals surface area contributed by atoms with Crippen molar-refractivity contribution < 1.29 is 26.6 Å². The van der Waals surface area contributed by atoms with Crippen molar-refractivity contribution in [2.24, 2.45) is 0 Å². The van der Waals surface area contributed by atoms with E-state index in [1.165, 1.54) is 0 Å². The molecule has 0 aliphatic carbocycles. The number of hydrogen-bond donors (Lipinski definition) is 0. The van der Waals surface area contributed by atoms with Gasteiger partial charge in [0.15, 0.2) is 5.25 Å². The van der Waals surface area contributed by atoms with E-state index in [9.17, 15) is 21.6 Å². The van der Waals surface area contributed by atoms with E-state index in [0.29, 0.717) is 6.92 Å². The molecule has 0 aromatic carbocycles. The van der Waals surface area contributed by atoms with Crippen LogP contribution >= 0.6 is 0 Å². The molecule has 0 amide bonds. The van der Waals surface area contributed by atoms with Gasteiger partial charge in [-0.3, -0.25) is 4.94 Å². The van der Waals surface area contributed by atoms with Gasteiger partial charge in [0.1, 0.15) is 0 Å². The Morgan fingerprint density at radius 3 is 2.10 bits per heavy atom. The predicted octanol–water partition coefficient (Wildman–Crippen LogP) is 0.102. The lowest BCUT2D eigenvalue weighted by Gasteiger charge is -1.97. The summed E-state index contributed by atoms with van der Waals surface area (Å²) in [6.45, 7) is 0.678. The first-order chi connectivity index (χ1) is 4.39. The molecule has 0 aromatic rings. The fourth-order valence-electron chi connectivity index (χ4n) is 0.178. The standard InChI is InChI=1S/C3H4F2O4S/c1-2(3(6)9-4)10(5,7)8/h2H,1H3. The Kier molecular flexibility index (Phi) is 2.70. The van der Waals surface area contributed by atoms with E-state index in [4.69, 9.17) is 0 Å². The van der Waals surface area contributed by atoms with Crippen molar-refractivity contribution >= 4 is 16.2 Å². The van der Waals surface area contributed by atoms with Gasteiger partial charge in [-0.15, -0.1) is 3.89 Å². The fraction of sp³-hybridized carbons (Fsp3) is 0.667. The van der Waals surface area contributed by atoms with Gasteiger partial charge in [-0.05, 0) is 6.92 Å². The maximum atomic E-state index is 11.7.